The third-order valence-electron chi connectivity index (χ3n) is 2.42. The van der Waals surface area contributed by atoms with E-state index >= 15 is 0 Å². The van der Waals surface area contributed by atoms with Gasteiger partial charge in [0, 0.05) is 10.9 Å². The number of hydrogen-bond donors (Lipinski definition) is 1. The highest BCUT2D eigenvalue weighted by Gasteiger charge is 2.44. The summed E-state index contributed by atoms with van der Waals surface area (Å²) in [4.78, 5) is 3.86. The molecule has 0 fully saturated rings. The van der Waals surface area contributed by atoms with Crippen LogP contribution in [0.15, 0.2) is 21.3 Å². The number of nitrogens with zero attached hydrogens (tertiary/aromatic N) is 2. The summed E-state index contributed by atoms with van der Waals surface area (Å²) in [5, 5.41) is 16.2. The first-order valence-electron chi connectivity index (χ1n) is 5.00. The Balaban J connectivity index is 2.20. The number of thiophene rings is 1. The Morgan fingerprint density at radius 3 is 2.72 bits per heavy atom. The van der Waals surface area contributed by atoms with Crippen molar-refractivity contribution in [3.8, 4) is 11.4 Å². The quantitative estimate of drug-likeness (QED) is 0.937. The second-order valence-electron chi connectivity index (χ2n) is 3.74. The average Bonchev–Trinajstić information content (AvgIpc) is 2.95. The van der Waals surface area contributed by atoms with E-state index in [0.717, 1.165) is 0 Å². The van der Waals surface area contributed by atoms with Gasteiger partial charge in [-0.05, 0) is 11.4 Å². The molecule has 2 aromatic heterocycles. The van der Waals surface area contributed by atoms with E-state index in [4.69, 9.17) is 9.63 Å². The third-order valence-corrected chi connectivity index (χ3v) is 3.10. The standard InChI is InChI=1S/C10H9F3N2O2S/c1-5(7(16)10(11,12)13)9-14-8(15-17-9)6-2-3-18-4-6/h2-5,7,16H,1H3. The highest BCUT2D eigenvalue weighted by molar-refractivity contribution is 7.08. The average molecular weight is 278 g/mol. The van der Waals surface area contributed by atoms with Crippen LogP contribution in [0.5, 0.6) is 0 Å². The SMILES string of the molecule is CC(c1nc(-c2ccsc2)no1)C(O)C(F)(F)F. The molecule has 2 aromatic rings. The zero-order chi connectivity index (χ0) is 13.3. The monoisotopic (exact) mass is 278 g/mol. The van der Waals surface area contributed by atoms with Gasteiger partial charge in [0.1, 0.15) is 0 Å². The highest BCUT2D eigenvalue weighted by atomic mass is 32.1. The second kappa shape index (κ2) is 4.69. The van der Waals surface area contributed by atoms with E-state index < -0.39 is 18.2 Å². The van der Waals surface area contributed by atoms with Crippen LogP contribution >= 0.6 is 11.3 Å². The number of aliphatic hydroxyl groups is 1. The Kier molecular flexibility index (Phi) is 3.40. The lowest BCUT2D eigenvalue weighted by molar-refractivity contribution is -0.210. The maximum absolute atomic E-state index is 12.3. The van der Waals surface area contributed by atoms with Crippen LogP contribution in [0.25, 0.3) is 11.4 Å². The minimum absolute atomic E-state index is 0.215. The first-order chi connectivity index (χ1) is 8.39. The van der Waals surface area contributed by atoms with Crippen LogP contribution in [-0.4, -0.2) is 27.5 Å². The molecule has 8 heteroatoms. The van der Waals surface area contributed by atoms with Gasteiger partial charge in [-0.3, -0.25) is 0 Å². The summed E-state index contributed by atoms with van der Waals surface area (Å²) < 4.78 is 41.7. The molecule has 0 amide bonds. The molecule has 0 aliphatic rings. The first kappa shape index (κ1) is 13.0. The molecule has 0 aliphatic heterocycles. The van der Waals surface area contributed by atoms with Gasteiger partial charge in [-0.1, -0.05) is 12.1 Å². The van der Waals surface area contributed by atoms with Gasteiger partial charge in [-0.15, -0.1) is 0 Å². The number of alkyl halides is 3. The molecule has 2 heterocycles. The van der Waals surface area contributed by atoms with Crippen molar-refractivity contribution in [2.75, 3.05) is 0 Å². The molecule has 18 heavy (non-hydrogen) atoms. The maximum Gasteiger partial charge on any atom is 0.415 e. The largest absolute Gasteiger partial charge is 0.415 e. The molecule has 0 aromatic carbocycles. The summed E-state index contributed by atoms with van der Waals surface area (Å²) in [5.74, 6) is -1.32. The van der Waals surface area contributed by atoms with Crippen LogP contribution in [0.3, 0.4) is 0 Å². The lowest BCUT2D eigenvalue weighted by Gasteiger charge is -2.17. The normalized spacial score (nSPS) is 15.6. The first-order valence-corrected chi connectivity index (χ1v) is 5.95. The van der Waals surface area contributed by atoms with Crippen LogP contribution in [0.1, 0.15) is 18.7 Å². The number of aromatic nitrogens is 2. The van der Waals surface area contributed by atoms with Gasteiger partial charge in [-0.25, -0.2) is 0 Å². The van der Waals surface area contributed by atoms with Crippen molar-refractivity contribution in [3.63, 3.8) is 0 Å². The zero-order valence-corrected chi connectivity index (χ0v) is 10.00. The van der Waals surface area contributed by atoms with Gasteiger partial charge < -0.3 is 9.63 Å². The third kappa shape index (κ3) is 2.54. The molecule has 0 saturated heterocycles. The van der Waals surface area contributed by atoms with Crippen molar-refractivity contribution in [2.45, 2.75) is 25.1 Å². The molecule has 2 rings (SSSR count). The molecular weight excluding hydrogens is 269 g/mol. The van der Waals surface area contributed by atoms with Crippen LogP contribution in [0.4, 0.5) is 13.2 Å². The van der Waals surface area contributed by atoms with E-state index in [9.17, 15) is 13.2 Å². The van der Waals surface area contributed by atoms with Crippen molar-refractivity contribution in [1.29, 1.82) is 0 Å². The van der Waals surface area contributed by atoms with E-state index in [1.807, 2.05) is 0 Å². The summed E-state index contributed by atoms with van der Waals surface area (Å²) in [7, 11) is 0. The fourth-order valence-electron chi connectivity index (χ4n) is 1.35. The molecule has 2 atom stereocenters. The summed E-state index contributed by atoms with van der Waals surface area (Å²) >= 11 is 1.41. The second-order valence-corrected chi connectivity index (χ2v) is 4.52. The van der Waals surface area contributed by atoms with Crippen molar-refractivity contribution in [1.82, 2.24) is 10.1 Å². The van der Waals surface area contributed by atoms with Crippen LogP contribution in [0, 0.1) is 0 Å². The van der Waals surface area contributed by atoms with E-state index in [2.05, 4.69) is 10.1 Å². The molecular formula is C10H9F3N2O2S. The van der Waals surface area contributed by atoms with E-state index in [-0.39, 0.29) is 11.7 Å². The van der Waals surface area contributed by atoms with Gasteiger partial charge in [0.05, 0.1) is 5.92 Å². The van der Waals surface area contributed by atoms with E-state index in [1.54, 1.807) is 16.8 Å². The molecule has 0 saturated carbocycles. The summed E-state index contributed by atoms with van der Waals surface area (Å²) in [6, 6.07) is 1.73. The maximum atomic E-state index is 12.3. The molecule has 0 radical (unpaired) electrons. The van der Waals surface area contributed by atoms with E-state index in [0.29, 0.717) is 5.56 Å². The minimum atomic E-state index is -4.71. The Hall–Kier alpha value is -1.41. The Labute approximate surface area is 104 Å². The molecule has 0 spiro atoms. The van der Waals surface area contributed by atoms with E-state index in [1.165, 1.54) is 18.3 Å². The fourth-order valence-corrected chi connectivity index (χ4v) is 1.98. The van der Waals surface area contributed by atoms with Crippen LogP contribution in [-0.2, 0) is 0 Å². The number of rotatable bonds is 3. The molecule has 1 N–H and O–H groups in total. The topological polar surface area (TPSA) is 59.2 Å². The number of aliphatic hydroxyl groups excluding tert-OH is 1. The molecule has 0 aliphatic carbocycles. The zero-order valence-electron chi connectivity index (χ0n) is 9.18. The fraction of sp³-hybridized carbons (Fsp3) is 0.400. The van der Waals surface area contributed by atoms with Crippen molar-refractivity contribution in [3.05, 3.63) is 22.7 Å². The summed E-state index contributed by atoms with van der Waals surface area (Å²) in [5.41, 5.74) is 0.670. The van der Waals surface area contributed by atoms with Gasteiger partial charge >= 0.3 is 6.18 Å². The summed E-state index contributed by atoms with van der Waals surface area (Å²) in [6.45, 7) is 1.18. The smallest absolute Gasteiger partial charge is 0.383 e. The molecule has 4 nitrogen and oxygen atoms in total. The molecule has 2 unspecified atom stereocenters. The van der Waals surface area contributed by atoms with Gasteiger partial charge in [0.25, 0.3) is 0 Å². The van der Waals surface area contributed by atoms with Gasteiger partial charge in [0.15, 0.2) is 6.10 Å². The van der Waals surface area contributed by atoms with Crippen molar-refractivity contribution < 1.29 is 22.8 Å². The lowest BCUT2D eigenvalue weighted by Crippen LogP contribution is -2.33. The predicted molar refractivity (Wildman–Crippen MR) is 58.1 cm³/mol. The Morgan fingerprint density at radius 1 is 1.44 bits per heavy atom. The number of hydrogen-bond acceptors (Lipinski definition) is 5. The Morgan fingerprint density at radius 2 is 2.17 bits per heavy atom. The molecule has 0 bridgehead atoms. The predicted octanol–water partition coefficient (Wildman–Crippen LogP) is 2.82. The minimum Gasteiger partial charge on any atom is -0.383 e. The summed E-state index contributed by atoms with van der Waals surface area (Å²) in [6.07, 6.45) is -7.23. The van der Waals surface area contributed by atoms with Gasteiger partial charge in [0.2, 0.25) is 11.7 Å². The highest BCUT2D eigenvalue weighted by Crippen LogP contribution is 2.31. The van der Waals surface area contributed by atoms with Crippen LogP contribution in [0.2, 0.25) is 0 Å². The van der Waals surface area contributed by atoms with Crippen LogP contribution < -0.4 is 0 Å². The lowest BCUT2D eigenvalue weighted by atomic mass is 10.0. The molecule has 98 valence electrons. The Bertz CT molecular complexity index is 509. The number of halogens is 3. The van der Waals surface area contributed by atoms with Crippen molar-refractivity contribution >= 4 is 11.3 Å². The van der Waals surface area contributed by atoms with Crippen molar-refractivity contribution in [2.24, 2.45) is 0 Å². The van der Waals surface area contributed by atoms with Gasteiger partial charge in [-0.2, -0.15) is 29.5 Å².